The van der Waals surface area contributed by atoms with Gasteiger partial charge in [0.2, 0.25) is 5.91 Å². The SMILES string of the molecule is COCC(C)NC(=O)C(C)C(N)c1ccccc1. The van der Waals surface area contributed by atoms with Crippen molar-refractivity contribution in [2.24, 2.45) is 11.7 Å². The van der Waals surface area contributed by atoms with Gasteiger partial charge < -0.3 is 15.8 Å². The Morgan fingerprint density at radius 3 is 2.50 bits per heavy atom. The molecule has 100 valence electrons. The van der Waals surface area contributed by atoms with E-state index < -0.39 is 0 Å². The van der Waals surface area contributed by atoms with Crippen LogP contribution >= 0.6 is 0 Å². The van der Waals surface area contributed by atoms with Crippen molar-refractivity contribution in [3.63, 3.8) is 0 Å². The van der Waals surface area contributed by atoms with Crippen molar-refractivity contribution in [1.82, 2.24) is 5.32 Å². The number of benzene rings is 1. The Morgan fingerprint density at radius 1 is 1.33 bits per heavy atom. The summed E-state index contributed by atoms with van der Waals surface area (Å²) < 4.78 is 4.98. The van der Waals surface area contributed by atoms with Crippen LogP contribution in [0.2, 0.25) is 0 Å². The van der Waals surface area contributed by atoms with E-state index in [1.807, 2.05) is 44.2 Å². The Balaban J connectivity index is 2.58. The molecule has 0 aliphatic carbocycles. The highest BCUT2D eigenvalue weighted by Gasteiger charge is 2.22. The minimum absolute atomic E-state index is 0.00655. The van der Waals surface area contributed by atoms with E-state index in [4.69, 9.17) is 10.5 Å². The summed E-state index contributed by atoms with van der Waals surface area (Å²) in [6.07, 6.45) is 0. The summed E-state index contributed by atoms with van der Waals surface area (Å²) in [6, 6.07) is 9.36. The second-order valence-corrected chi connectivity index (χ2v) is 4.59. The molecule has 18 heavy (non-hydrogen) atoms. The van der Waals surface area contributed by atoms with Crippen LogP contribution in [0.1, 0.15) is 25.5 Å². The molecule has 0 bridgehead atoms. The molecule has 0 aliphatic heterocycles. The zero-order valence-electron chi connectivity index (χ0n) is 11.2. The van der Waals surface area contributed by atoms with Crippen molar-refractivity contribution in [3.8, 4) is 0 Å². The fourth-order valence-corrected chi connectivity index (χ4v) is 1.79. The quantitative estimate of drug-likeness (QED) is 0.803. The van der Waals surface area contributed by atoms with Crippen LogP contribution in [0.5, 0.6) is 0 Å². The molecule has 0 heterocycles. The summed E-state index contributed by atoms with van der Waals surface area (Å²) in [5.74, 6) is -0.317. The minimum atomic E-state index is -0.291. The van der Waals surface area contributed by atoms with Crippen LogP contribution < -0.4 is 11.1 Å². The number of nitrogens with two attached hydrogens (primary N) is 1. The monoisotopic (exact) mass is 250 g/mol. The van der Waals surface area contributed by atoms with Crippen LogP contribution in [0.25, 0.3) is 0 Å². The summed E-state index contributed by atoms with van der Waals surface area (Å²) in [5.41, 5.74) is 7.07. The molecule has 4 heteroatoms. The van der Waals surface area contributed by atoms with Crippen LogP contribution in [0.4, 0.5) is 0 Å². The van der Waals surface area contributed by atoms with Crippen LogP contribution in [-0.2, 0) is 9.53 Å². The number of hydrogen-bond donors (Lipinski definition) is 2. The van der Waals surface area contributed by atoms with Gasteiger partial charge in [-0.3, -0.25) is 4.79 Å². The molecule has 3 atom stereocenters. The largest absolute Gasteiger partial charge is 0.383 e. The molecule has 0 saturated carbocycles. The first-order valence-electron chi connectivity index (χ1n) is 6.16. The molecule has 0 fully saturated rings. The molecule has 0 saturated heterocycles. The normalized spacial score (nSPS) is 15.8. The lowest BCUT2D eigenvalue weighted by Crippen LogP contribution is -2.41. The Labute approximate surface area is 109 Å². The predicted octanol–water partition coefficient (Wildman–Crippen LogP) is 1.47. The highest BCUT2D eigenvalue weighted by Crippen LogP contribution is 2.19. The number of ether oxygens (including phenoxy) is 1. The predicted molar refractivity (Wildman–Crippen MR) is 72.0 cm³/mol. The van der Waals surface area contributed by atoms with Crippen molar-refractivity contribution in [1.29, 1.82) is 0 Å². The van der Waals surface area contributed by atoms with E-state index in [9.17, 15) is 4.79 Å². The van der Waals surface area contributed by atoms with Gasteiger partial charge in [-0.1, -0.05) is 37.3 Å². The smallest absolute Gasteiger partial charge is 0.225 e. The van der Waals surface area contributed by atoms with Gasteiger partial charge in [0.05, 0.1) is 12.5 Å². The van der Waals surface area contributed by atoms with E-state index in [0.717, 1.165) is 5.56 Å². The van der Waals surface area contributed by atoms with Gasteiger partial charge in [-0.2, -0.15) is 0 Å². The van der Waals surface area contributed by atoms with Crippen LogP contribution in [0.15, 0.2) is 30.3 Å². The molecule has 0 radical (unpaired) electrons. The Kier molecular flexibility index (Phi) is 5.82. The first-order chi connectivity index (χ1) is 8.56. The summed E-state index contributed by atoms with van der Waals surface area (Å²) in [5, 5.41) is 2.89. The van der Waals surface area contributed by atoms with E-state index >= 15 is 0 Å². The maximum absolute atomic E-state index is 12.0. The van der Waals surface area contributed by atoms with Crippen molar-refractivity contribution in [2.45, 2.75) is 25.9 Å². The van der Waals surface area contributed by atoms with Gasteiger partial charge in [-0.25, -0.2) is 0 Å². The lowest BCUT2D eigenvalue weighted by atomic mass is 9.94. The van der Waals surface area contributed by atoms with Gasteiger partial charge >= 0.3 is 0 Å². The molecule has 1 aromatic carbocycles. The lowest BCUT2D eigenvalue weighted by Gasteiger charge is -2.22. The highest BCUT2D eigenvalue weighted by atomic mass is 16.5. The van der Waals surface area contributed by atoms with Crippen LogP contribution in [-0.4, -0.2) is 25.7 Å². The number of hydrogen-bond acceptors (Lipinski definition) is 3. The Hall–Kier alpha value is -1.39. The average molecular weight is 250 g/mol. The molecule has 1 rings (SSSR count). The first kappa shape index (κ1) is 14.7. The van der Waals surface area contributed by atoms with Gasteiger partial charge in [0.1, 0.15) is 0 Å². The van der Waals surface area contributed by atoms with Gasteiger partial charge in [-0.05, 0) is 12.5 Å². The summed E-state index contributed by atoms with van der Waals surface area (Å²) in [4.78, 5) is 12.0. The van der Waals surface area contributed by atoms with Gasteiger partial charge in [0.25, 0.3) is 0 Å². The average Bonchev–Trinajstić information content (AvgIpc) is 2.38. The molecule has 4 nitrogen and oxygen atoms in total. The standard InChI is InChI=1S/C14H22N2O2/c1-10(9-18-3)16-14(17)11(2)13(15)12-7-5-4-6-8-12/h4-8,10-11,13H,9,15H2,1-3H3,(H,16,17). The maximum atomic E-state index is 12.0. The number of carbonyl (C=O) groups excluding carboxylic acids is 1. The van der Waals surface area contributed by atoms with Crippen LogP contribution in [0, 0.1) is 5.92 Å². The number of carbonyl (C=O) groups is 1. The molecular weight excluding hydrogens is 228 g/mol. The number of nitrogens with one attached hydrogen (secondary N) is 1. The summed E-state index contributed by atoms with van der Waals surface area (Å²) in [6.45, 7) is 4.24. The topological polar surface area (TPSA) is 64.3 Å². The Bertz CT molecular complexity index is 367. The maximum Gasteiger partial charge on any atom is 0.225 e. The lowest BCUT2D eigenvalue weighted by molar-refractivity contribution is -0.126. The summed E-state index contributed by atoms with van der Waals surface area (Å²) in [7, 11) is 1.61. The molecule has 1 aromatic rings. The molecule has 0 aromatic heterocycles. The van der Waals surface area contributed by atoms with Crippen molar-refractivity contribution >= 4 is 5.91 Å². The molecular formula is C14H22N2O2. The van der Waals surface area contributed by atoms with E-state index in [1.165, 1.54) is 0 Å². The van der Waals surface area contributed by atoms with E-state index in [1.54, 1.807) is 7.11 Å². The first-order valence-corrected chi connectivity index (χ1v) is 6.16. The fourth-order valence-electron chi connectivity index (χ4n) is 1.79. The number of rotatable bonds is 6. The van der Waals surface area contributed by atoms with Gasteiger partial charge in [0, 0.05) is 19.2 Å². The second-order valence-electron chi connectivity index (χ2n) is 4.59. The molecule has 3 N–H and O–H groups in total. The molecule has 0 spiro atoms. The highest BCUT2D eigenvalue weighted by molar-refractivity contribution is 5.79. The third kappa shape index (κ3) is 4.13. The van der Waals surface area contributed by atoms with Gasteiger partial charge in [0.15, 0.2) is 0 Å². The van der Waals surface area contributed by atoms with E-state index in [2.05, 4.69) is 5.32 Å². The zero-order chi connectivity index (χ0) is 13.5. The number of amides is 1. The summed E-state index contributed by atoms with van der Waals surface area (Å²) >= 11 is 0. The molecule has 3 unspecified atom stereocenters. The van der Waals surface area contributed by atoms with Crippen molar-refractivity contribution in [3.05, 3.63) is 35.9 Å². The van der Waals surface area contributed by atoms with E-state index in [0.29, 0.717) is 6.61 Å². The van der Waals surface area contributed by atoms with Crippen molar-refractivity contribution in [2.75, 3.05) is 13.7 Å². The van der Waals surface area contributed by atoms with Gasteiger partial charge in [-0.15, -0.1) is 0 Å². The van der Waals surface area contributed by atoms with Crippen molar-refractivity contribution < 1.29 is 9.53 Å². The number of methoxy groups -OCH3 is 1. The molecule has 0 aliphatic rings. The van der Waals surface area contributed by atoms with Crippen LogP contribution in [0.3, 0.4) is 0 Å². The van der Waals surface area contributed by atoms with E-state index in [-0.39, 0.29) is 23.9 Å². The Morgan fingerprint density at radius 2 is 1.94 bits per heavy atom. The third-order valence-corrected chi connectivity index (χ3v) is 2.94. The third-order valence-electron chi connectivity index (χ3n) is 2.94. The zero-order valence-corrected chi connectivity index (χ0v) is 11.2. The second kappa shape index (κ2) is 7.13. The molecule has 1 amide bonds. The minimum Gasteiger partial charge on any atom is -0.383 e. The fraction of sp³-hybridized carbons (Fsp3) is 0.500.